The van der Waals surface area contributed by atoms with Crippen molar-refractivity contribution >= 4 is 17.3 Å². The number of carbonyl (C=O) groups is 3. The molecule has 0 rings (SSSR count). The first-order valence-corrected chi connectivity index (χ1v) is 28.4. The van der Waals surface area contributed by atoms with Crippen LogP contribution in [0.15, 0.2) is 219 Å². The van der Waals surface area contributed by atoms with Crippen molar-refractivity contribution in [3.05, 3.63) is 219 Å². The second-order valence-corrected chi connectivity index (χ2v) is 18.3. The van der Waals surface area contributed by atoms with Gasteiger partial charge in [0.25, 0.3) is 0 Å². The van der Waals surface area contributed by atoms with E-state index in [1.54, 1.807) is 18.2 Å². The fourth-order valence-electron chi connectivity index (χ4n) is 7.06. The van der Waals surface area contributed by atoms with Crippen LogP contribution in [0.5, 0.6) is 0 Å². The Morgan fingerprint density at radius 3 is 0.603 bits per heavy atom. The van der Waals surface area contributed by atoms with E-state index in [2.05, 4.69) is 148 Å². The van der Waals surface area contributed by atoms with Gasteiger partial charge in [0.2, 0.25) is 0 Å². The Labute approximate surface area is 470 Å². The maximum Gasteiger partial charge on any atom is 0.199 e. The van der Waals surface area contributed by atoms with Crippen molar-refractivity contribution in [1.29, 1.82) is 0 Å². The predicted octanol–water partition coefficient (Wildman–Crippen LogP) is 14.5. The largest absolute Gasteiger partial charge is 0.385 e. The molecule has 5 unspecified atom stereocenters. The zero-order valence-electron chi connectivity index (χ0n) is 47.4. The average Bonchev–Trinajstić information content (AvgIpc) is 3.50. The molecule has 0 aromatic heterocycles. The van der Waals surface area contributed by atoms with Gasteiger partial charge in [-0.15, -0.1) is 0 Å². The Kier molecular flexibility index (Phi) is 49.1. The van der Waals surface area contributed by atoms with Crippen molar-refractivity contribution in [3.63, 3.8) is 0 Å². The zero-order valence-corrected chi connectivity index (χ0v) is 47.4. The second kappa shape index (κ2) is 53.1. The fourth-order valence-corrected chi connectivity index (χ4v) is 7.06. The van der Waals surface area contributed by atoms with Crippen LogP contribution in [0.1, 0.15) is 156 Å². The van der Waals surface area contributed by atoms with Gasteiger partial charge in [-0.2, -0.15) is 0 Å². The summed E-state index contributed by atoms with van der Waals surface area (Å²) in [6.07, 6.45) is 73.9. The lowest BCUT2D eigenvalue weighted by Crippen LogP contribution is -2.67. The summed E-state index contributed by atoms with van der Waals surface area (Å²) < 4.78 is 0. The Bertz CT molecular complexity index is 2020. The third-order valence-electron chi connectivity index (χ3n) is 11.6. The van der Waals surface area contributed by atoms with Gasteiger partial charge in [0.1, 0.15) is 18.3 Å². The molecule has 0 saturated carbocycles. The van der Waals surface area contributed by atoms with Crippen LogP contribution in [0.4, 0.5) is 0 Å². The third-order valence-corrected chi connectivity index (χ3v) is 11.6. The third kappa shape index (κ3) is 39.5. The highest BCUT2D eigenvalue weighted by Gasteiger charge is 2.57. The summed E-state index contributed by atoms with van der Waals surface area (Å²) in [4.78, 5) is 40.6. The molecule has 6 N–H and O–H groups in total. The lowest BCUT2D eigenvalue weighted by Gasteiger charge is -2.36. The molecule has 0 fully saturated rings. The zero-order chi connectivity index (χ0) is 57.4. The standard InChI is InChI=1S/C69H98O9/c1-4-7-10-13-16-19-22-25-28-31-34-37-40-43-46-49-52-55-58-61(70)64(73)67(76)69(78,66(75)63(72)60-57-54-51-48-45-42-39-36-33-30-27-24-21-18-15-12-9-6-3)68(77)65(74)62(71)59-56-53-50-47-44-41-38-35-32-29-26-23-20-17-14-11-8-5-2/h7-12,16-21,25-30,34-39,43-48,52-57,61-63,67-68,70-72,76-78H,4-6,13-15,22-24,31-33,40-42,49-51,58-60H2,1-3H3/b10-7+,11-8+,12-9+,19-16+,20-17+,21-18+,28-25+,29-26+,30-27+,37-34+,38-35+,39-36+,46-43+,47-44+,48-45+,55-52+,56-53+,57-54+. The molecule has 9 nitrogen and oxygen atoms in total. The van der Waals surface area contributed by atoms with Crippen LogP contribution in [-0.4, -0.2) is 84.1 Å². The number of hydrogen-bond acceptors (Lipinski definition) is 9. The van der Waals surface area contributed by atoms with Gasteiger partial charge < -0.3 is 30.6 Å². The van der Waals surface area contributed by atoms with Crippen LogP contribution >= 0.6 is 0 Å². The molecule has 0 heterocycles. The van der Waals surface area contributed by atoms with E-state index >= 15 is 0 Å². The van der Waals surface area contributed by atoms with Crippen LogP contribution in [-0.2, 0) is 14.4 Å². The Hall–Kier alpha value is -5.91. The summed E-state index contributed by atoms with van der Waals surface area (Å²) in [5.74, 6) is -4.53. The van der Waals surface area contributed by atoms with Crippen molar-refractivity contribution in [2.45, 2.75) is 192 Å². The molecule has 0 amide bonds. The fraction of sp³-hybridized carbons (Fsp3) is 0.435. The molecule has 0 radical (unpaired) electrons. The van der Waals surface area contributed by atoms with Crippen molar-refractivity contribution in [2.24, 2.45) is 0 Å². The summed E-state index contributed by atoms with van der Waals surface area (Å²) in [5, 5.41) is 66.7. The SMILES string of the molecule is CC/C=C/C/C=C/C/C=C/C/C=C/C/C=C/C/C=C/CC(O)C(=O)C(O)C(O)(C(=O)C(O)C/C=C/C/C=C/C/C=C/C/C=C/C/C=C/C/C=C/CC)C(O)C(=O)C(O)C/C=C/C/C=C/C/C=C/C/C=C/C/C=C/C/C=C/CC. The predicted molar refractivity (Wildman–Crippen MR) is 329 cm³/mol. The van der Waals surface area contributed by atoms with Crippen LogP contribution < -0.4 is 0 Å². The number of aliphatic hydroxyl groups is 6. The smallest absolute Gasteiger partial charge is 0.199 e. The molecule has 0 bridgehead atoms. The van der Waals surface area contributed by atoms with Gasteiger partial charge in [0.05, 0.1) is 0 Å². The van der Waals surface area contributed by atoms with Crippen molar-refractivity contribution < 1.29 is 45.0 Å². The van der Waals surface area contributed by atoms with Crippen molar-refractivity contribution in [1.82, 2.24) is 0 Å². The average molecular weight is 1070 g/mol. The lowest BCUT2D eigenvalue weighted by molar-refractivity contribution is -0.190. The molecule has 0 saturated heterocycles. The first kappa shape index (κ1) is 72.1. The van der Waals surface area contributed by atoms with Crippen LogP contribution in [0, 0.1) is 0 Å². The highest BCUT2D eigenvalue weighted by Crippen LogP contribution is 2.26. The minimum atomic E-state index is -3.61. The molecule has 0 aromatic carbocycles. The van der Waals surface area contributed by atoms with Crippen molar-refractivity contribution in [2.75, 3.05) is 0 Å². The lowest BCUT2D eigenvalue weighted by atomic mass is 9.77. The Morgan fingerprint density at radius 2 is 0.423 bits per heavy atom. The molecule has 0 aliphatic carbocycles. The minimum absolute atomic E-state index is 0.318. The number of allylic oxidation sites excluding steroid dienone is 33. The molecular weight excluding hydrogens is 973 g/mol. The Balaban J connectivity index is 5.57. The monoisotopic (exact) mass is 1070 g/mol. The molecule has 428 valence electrons. The molecule has 0 aliphatic rings. The van der Waals surface area contributed by atoms with Gasteiger partial charge in [-0.25, -0.2) is 0 Å². The van der Waals surface area contributed by atoms with Crippen molar-refractivity contribution in [3.8, 4) is 0 Å². The molecular formula is C69H98O9. The van der Waals surface area contributed by atoms with E-state index in [-0.39, 0.29) is 12.8 Å². The molecule has 5 atom stereocenters. The van der Waals surface area contributed by atoms with Gasteiger partial charge >= 0.3 is 0 Å². The Morgan fingerprint density at radius 1 is 0.269 bits per heavy atom. The van der Waals surface area contributed by atoms with Gasteiger partial charge in [0, 0.05) is 0 Å². The summed E-state index contributed by atoms with van der Waals surface area (Å²) >= 11 is 0. The van der Waals surface area contributed by atoms with E-state index in [1.807, 2.05) is 54.7 Å². The second-order valence-electron chi connectivity index (χ2n) is 18.3. The van der Waals surface area contributed by atoms with Gasteiger partial charge in [-0.05, 0) is 135 Å². The van der Waals surface area contributed by atoms with E-state index in [0.717, 1.165) is 77.0 Å². The summed E-state index contributed by atoms with van der Waals surface area (Å²) in [6, 6.07) is 0. The molecule has 0 spiro atoms. The highest BCUT2D eigenvalue weighted by atomic mass is 16.4. The number of hydrogen-bond donors (Lipinski definition) is 6. The molecule has 78 heavy (non-hydrogen) atoms. The summed E-state index contributed by atoms with van der Waals surface area (Å²) in [5.41, 5.74) is -3.61. The maximum atomic E-state index is 13.8. The van der Waals surface area contributed by atoms with E-state index in [1.165, 1.54) is 18.2 Å². The quantitative estimate of drug-likeness (QED) is 0.0324. The topological polar surface area (TPSA) is 173 Å². The minimum Gasteiger partial charge on any atom is -0.385 e. The number of aliphatic hydroxyl groups excluding tert-OH is 5. The van der Waals surface area contributed by atoms with E-state index in [9.17, 15) is 45.0 Å². The van der Waals surface area contributed by atoms with Gasteiger partial charge in [-0.1, -0.05) is 240 Å². The van der Waals surface area contributed by atoms with Gasteiger partial charge in [-0.3, -0.25) is 14.4 Å². The summed E-state index contributed by atoms with van der Waals surface area (Å²) in [6.45, 7) is 6.34. The maximum absolute atomic E-state index is 13.8. The first-order valence-electron chi connectivity index (χ1n) is 28.4. The van der Waals surface area contributed by atoms with E-state index < -0.39 is 59.9 Å². The highest BCUT2D eigenvalue weighted by molar-refractivity contribution is 6.05. The number of Topliss-reactive ketones (excluding diaryl/α,β-unsaturated/α-hetero) is 3. The number of rotatable bonds is 47. The molecule has 0 aromatic rings. The number of ketones is 3. The van der Waals surface area contributed by atoms with Crippen LogP contribution in [0.3, 0.4) is 0 Å². The summed E-state index contributed by atoms with van der Waals surface area (Å²) in [7, 11) is 0. The molecule has 0 aliphatic heterocycles. The normalized spacial score (nSPS) is 16.4. The molecule has 9 heteroatoms. The van der Waals surface area contributed by atoms with Crippen LogP contribution in [0.25, 0.3) is 0 Å². The van der Waals surface area contributed by atoms with Gasteiger partial charge in [0.15, 0.2) is 35.2 Å². The van der Waals surface area contributed by atoms with E-state index in [4.69, 9.17) is 0 Å². The van der Waals surface area contributed by atoms with Crippen LogP contribution in [0.2, 0.25) is 0 Å². The van der Waals surface area contributed by atoms with E-state index in [0.29, 0.717) is 38.5 Å². The number of carbonyl (C=O) groups excluding carboxylic acids is 3. The first-order chi connectivity index (χ1) is 38.0.